The third-order valence-corrected chi connectivity index (χ3v) is 3.25. The molecule has 0 aromatic heterocycles. The summed E-state index contributed by atoms with van der Waals surface area (Å²) in [5.74, 6) is -1.06. The fourth-order valence-electron chi connectivity index (χ4n) is 1.98. The van der Waals surface area contributed by atoms with Crippen LogP contribution in [-0.2, 0) is 9.53 Å². The Hall–Kier alpha value is -1.30. The van der Waals surface area contributed by atoms with E-state index in [2.05, 4.69) is 10.6 Å². The topological polar surface area (TPSA) is 87.7 Å². The van der Waals surface area contributed by atoms with Crippen molar-refractivity contribution in [1.82, 2.24) is 10.6 Å². The zero-order chi connectivity index (χ0) is 13.1. The molecule has 2 atom stereocenters. The summed E-state index contributed by atoms with van der Waals surface area (Å²) in [7, 11) is 0. The predicted octanol–water partition coefficient (Wildman–Crippen LogP) is 0.574. The van der Waals surface area contributed by atoms with E-state index >= 15 is 0 Å². The maximum atomic E-state index is 11.4. The molecule has 0 spiro atoms. The van der Waals surface area contributed by atoms with E-state index in [9.17, 15) is 9.59 Å². The molecule has 0 heterocycles. The maximum absolute atomic E-state index is 11.4. The van der Waals surface area contributed by atoms with Crippen LogP contribution in [0.25, 0.3) is 0 Å². The van der Waals surface area contributed by atoms with Crippen LogP contribution in [0, 0.1) is 5.41 Å². The number of hydrogen-bond acceptors (Lipinski definition) is 3. The number of nitrogens with one attached hydrogen (secondary N) is 2. The molecular formula is C11H20N2O4. The van der Waals surface area contributed by atoms with Crippen molar-refractivity contribution in [3.8, 4) is 0 Å². The molecule has 3 N–H and O–H groups in total. The highest BCUT2D eigenvalue weighted by Crippen LogP contribution is 2.42. The van der Waals surface area contributed by atoms with Crippen molar-refractivity contribution in [3.05, 3.63) is 0 Å². The second kappa shape index (κ2) is 5.35. The highest BCUT2D eigenvalue weighted by Gasteiger charge is 2.49. The Morgan fingerprint density at radius 2 is 2.12 bits per heavy atom. The van der Waals surface area contributed by atoms with Crippen LogP contribution in [0.15, 0.2) is 0 Å². The van der Waals surface area contributed by atoms with Gasteiger partial charge >= 0.3 is 12.0 Å². The minimum atomic E-state index is -1.06. The van der Waals surface area contributed by atoms with E-state index in [1.165, 1.54) is 0 Å². The molecule has 2 unspecified atom stereocenters. The lowest BCUT2D eigenvalue weighted by Gasteiger charge is -2.51. The molecule has 0 saturated heterocycles. The van der Waals surface area contributed by atoms with Gasteiger partial charge in [0.25, 0.3) is 0 Å². The van der Waals surface area contributed by atoms with E-state index in [1.54, 1.807) is 0 Å². The summed E-state index contributed by atoms with van der Waals surface area (Å²) in [6.07, 6.45) is 0.915. The smallest absolute Gasteiger partial charge is 0.323 e. The lowest BCUT2D eigenvalue weighted by molar-refractivity contribution is -0.135. The molecule has 0 aromatic carbocycles. The van der Waals surface area contributed by atoms with E-state index in [0.717, 1.165) is 6.42 Å². The van der Waals surface area contributed by atoms with Gasteiger partial charge in [0.05, 0.1) is 6.10 Å². The SMILES string of the molecule is CCOC1CC(NC(=O)NCC(=O)O)C1(C)C. The Morgan fingerprint density at radius 3 is 2.59 bits per heavy atom. The van der Waals surface area contributed by atoms with E-state index in [4.69, 9.17) is 9.84 Å². The lowest BCUT2D eigenvalue weighted by atomic mass is 9.64. The first-order chi connectivity index (χ1) is 7.87. The van der Waals surface area contributed by atoms with Crippen molar-refractivity contribution >= 4 is 12.0 Å². The lowest BCUT2D eigenvalue weighted by Crippen LogP contribution is -2.63. The van der Waals surface area contributed by atoms with Crippen molar-refractivity contribution in [2.24, 2.45) is 5.41 Å². The highest BCUT2D eigenvalue weighted by molar-refractivity contribution is 5.80. The summed E-state index contributed by atoms with van der Waals surface area (Å²) in [6.45, 7) is 6.29. The van der Waals surface area contributed by atoms with Gasteiger partial charge < -0.3 is 20.5 Å². The zero-order valence-electron chi connectivity index (χ0n) is 10.4. The number of ether oxygens (including phenoxy) is 1. The summed E-state index contributed by atoms with van der Waals surface area (Å²) in [4.78, 5) is 21.7. The van der Waals surface area contributed by atoms with Crippen LogP contribution in [0.1, 0.15) is 27.2 Å². The van der Waals surface area contributed by atoms with Crippen molar-refractivity contribution in [2.45, 2.75) is 39.3 Å². The number of rotatable bonds is 5. The van der Waals surface area contributed by atoms with Crippen LogP contribution in [0.4, 0.5) is 4.79 Å². The molecule has 0 radical (unpaired) electrons. The summed E-state index contributed by atoms with van der Waals surface area (Å²) in [5.41, 5.74) is -0.115. The summed E-state index contributed by atoms with van der Waals surface area (Å²) in [6, 6.07) is -0.423. The number of hydrogen-bond donors (Lipinski definition) is 3. The van der Waals surface area contributed by atoms with Crippen molar-refractivity contribution in [2.75, 3.05) is 13.2 Å². The quantitative estimate of drug-likeness (QED) is 0.660. The van der Waals surface area contributed by atoms with Gasteiger partial charge in [-0.1, -0.05) is 13.8 Å². The number of amides is 2. The Labute approximate surface area is 101 Å². The summed E-state index contributed by atoms with van der Waals surface area (Å²) in [5, 5.41) is 13.5. The van der Waals surface area contributed by atoms with E-state index in [1.807, 2.05) is 20.8 Å². The van der Waals surface area contributed by atoms with E-state index in [-0.39, 0.29) is 24.1 Å². The second-order valence-corrected chi connectivity index (χ2v) is 4.77. The van der Waals surface area contributed by atoms with Gasteiger partial charge in [-0.2, -0.15) is 0 Å². The van der Waals surface area contributed by atoms with Gasteiger partial charge in [0.2, 0.25) is 0 Å². The molecular weight excluding hydrogens is 224 g/mol. The van der Waals surface area contributed by atoms with Crippen LogP contribution < -0.4 is 10.6 Å². The van der Waals surface area contributed by atoms with Crippen LogP contribution in [0.3, 0.4) is 0 Å². The van der Waals surface area contributed by atoms with Crippen molar-refractivity contribution in [3.63, 3.8) is 0 Å². The Bertz CT molecular complexity index is 304. The minimum absolute atomic E-state index is 0.0212. The largest absolute Gasteiger partial charge is 0.480 e. The maximum Gasteiger partial charge on any atom is 0.323 e. The predicted molar refractivity (Wildman–Crippen MR) is 61.8 cm³/mol. The van der Waals surface area contributed by atoms with Gasteiger partial charge in [0.15, 0.2) is 0 Å². The van der Waals surface area contributed by atoms with Gasteiger partial charge in [-0.25, -0.2) is 4.79 Å². The minimum Gasteiger partial charge on any atom is -0.480 e. The van der Waals surface area contributed by atoms with E-state index in [0.29, 0.717) is 6.61 Å². The average Bonchev–Trinajstić information content (AvgIpc) is 2.25. The van der Waals surface area contributed by atoms with Crippen molar-refractivity contribution in [1.29, 1.82) is 0 Å². The number of carboxylic acids is 1. The molecule has 0 bridgehead atoms. The normalized spacial score (nSPS) is 25.8. The Balaban J connectivity index is 2.34. The molecule has 0 aromatic rings. The number of carbonyl (C=O) groups is 2. The van der Waals surface area contributed by atoms with Gasteiger partial charge in [0.1, 0.15) is 6.54 Å². The fraction of sp³-hybridized carbons (Fsp3) is 0.818. The van der Waals surface area contributed by atoms with Crippen LogP contribution in [0.2, 0.25) is 0 Å². The number of aliphatic carboxylic acids is 1. The second-order valence-electron chi connectivity index (χ2n) is 4.77. The first-order valence-electron chi connectivity index (χ1n) is 5.75. The van der Waals surface area contributed by atoms with E-state index < -0.39 is 12.0 Å². The Kier molecular flexibility index (Phi) is 4.34. The molecule has 1 rings (SSSR count). The highest BCUT2D eigenvalue weighted by atomic mass is 16.5. The molecule has 17 heavy (non-hydrogen) atoms. The average molecular weight is 244 g/mol. The number of carbonyl (C=O) groups excluding carboxylic acids is 1. The van der Waals surface area contributed by atoms with Crippen LogP contribution in [-0.4, -0.2) is 42.4 Å². The first kappa shape index (κ1) is 13.8. The molecule has 2 amide bonds. The number of urea groups is 1. The first-order valence-corrected chi connectivity index (χ1v) is 5.75. The van der Waals surface area contributed by atoms with Crippen LogP contribution in [0.5, 0.6) is 0 Å². The molecule has 6 nitrogen and oxygen atoms in total. The fourth-order valence-corrected chi connectivity index (χ4v) is 1.98. The molecule has 98 valence electrons. The van der Waals surface area contributed by atoms with Gasteiger partial charge in [0, 0.05) is 18.1 Å². The third-order valence-electron chi connectivity index (χ3n) is 3.25. The molecule has 1 fully saturated rings. The Morgan fingerprint density at radius 1 is 1.47 bits per heavy atom. The van der Waals surface area contributed by atoms with Gasteiger partial charge in [-0.3, -0.25) is 4.79 Å². The van der Waals surface area contributed by atoms with Crippen molar-refractivity contribution < 1.29 is 19.4 Å². The zero-order valence-corrected chi connectivity index (χ0v) is 10.4. The van der Waals surface area contributed by atoms with Crippen LogP contribution >= 0.6 is 0 Å². The molecule has 6 heteroatoms. The molecule has 1 aliphatic rings. The molecule has 1 saturated carbocycles. The van der Waals surface area contributed by atoms with Gasteiger partial charge in [-0.15, -0.1) is 0 Å². The standard InChI is InChI=1S/C11H20N2O4/c1-4-17-8-5-7(11(8,2)3)13-10(16)12-6-9(14)15/h7-8H,4-6H2,1-3H3,(H,14,15)(H2,12,13,16). The molecule has 1 aliphatic carbocycles. The summed E-state index contributed by atoms with van der Waals surface area (Å²) < 4.78 is 5.54. The monoisotopic (exact) mass is 244 g/mol. The third kappa shape index (κ3) is 3.33. The summed E-state index contributed by atoms with van der Waals surface area (Å²) >= 11 is 0. The number of carboxylic acid groups (broad SMARTS) is 1. The van der Waals surface area contributed by atoms with Gasteiger partial charge in [-0.05, 0) is 13.3 Å². The molecule has 0 aliphatic heterocycles.